The fourth-order valence-corrected chi connectivity index (χ4v) is 2.09. The molecule has 16 heavy (non-hydrogen) atoms. The highest BCUT2D eigenvalue weighted by molar-refractivity contribution is 7.13. The number of nitrogens with zero attached hydrogens (tertiary/aromatic N) is 2. The minimum absolute atomic E-state index is 0.0765. The van der Waals surface area contributed by atoms with Gasteiger partial charge in [-0.3, -0.25) is 4.79 Å². The molecule has 0 bridgehead atoms. The Morgan fingerprint density at radius 1 is 1.50 bits per heavy atom. The maximum absolute atomic E-state index is 11.6. The molecule has 1 atom stereocenters. The lowest BCUT2D eigenvalue weighted by Gasteiger charge is -2.11. The SMILES string of the molecule is CC(CN)n1nc(-c2cccs2)ccc1=O. The summed E-state index contributed by atoms with van der Waals surface area (Å²) in [5.41, 5.74) is 6.25. The van der Waals surface area contributed by atoms with Crippen LogP contribution in [0.2, 0.25) is 0 Å². The van der Waals surface area contributed by atoms with Crippen molar-refractivity contribution in [2.24, 2.45) is 5.73 Å². The van der Waals surface area contributed by atoms with Crippen molar-refractivity contribution in [3.05, 3.63) is 40.0 Å². The Bertz CT molecular complexity index is 518. The summed E-state index contributed by atoms with van der Waals surface area (Å²) in [5, 5.41) is 6.31. The predicted octanol–water partition coefficient (Wildman–Crippen LogP) is 1.49. The Morgan fingerprint density at radius 2 is 2.31 bits per heavy atom. The van der Waals surface area contributed by atoms with Gasteiger partial charge < -0.3 is 5.73 Å². The molecule has 0 aliphatic rings. The second-order valence-corrected chi connectivity index (χ2v) is 4.51. The average Bonchev–Trinajstić information content (AvgIpc) is 2.82. The fourth-order valence-electron chi connectivity index (χ4n) is 1.40. The Balaban J connectivity index is 2.48. The average molecular weight is 235 g/mol. The van der Waals surface area contributed by atoms with Crippen molar-refractivity contribution in [2.45, 2.75) is 13.0 Å². The zero-order chi connectivity index (χ0) is 11.5. The second-order valence-electron chi connectivity index (χ2n) is 3.56. The lowest BCUT2D eigenvalue weighted by atomic mass is 10.3. The topological polar surface area (TPSA) is 60.9 Å². The van der Waals surface area contributed by atoms with Gasteiger partial charge in [-0.25, -0.2) is 4.68 Å². The molecule has 0 spiro atoms. The second kappa shape index (κ2) is 4.59. The van der Waals surface area contributed by atoms with E-state index in [-0.39, 0.29) is 11.6 Å². The van der Waals surface area contributed by atoms with Gasteiger partial charge in [-0.05, 0) is 24.4 Å². The van der Waals surface area contributed by atoms with Gasteiger partial charge >= 0.3 is 0 Å². The standard InChI is InChI=1S/C11H13N3OS/c1-8(7-12)14-11(15)5-4-9(13-14)10-3-2-6-16-10/h2-6,8H,7,12H2,1H3. The van der Waals surface area contributed by atoms with Gasteiger partial charge in [0.05, 0.1) is 10.9 Å². The molecule has 5 heteroatoms. The van der Waals surface area contributed by atoms with E-state index in [9.17, 15) is 4.79 Å². The normalized spacial score (nSPS) is 12.6. The van der Waals surface area contributed by atoms with E-state index in [0.717, 1.165) is 10.6 Å². The zero-order valence-electron chi connectivity index (χ0n) is 8.96. The maximum atomic E-state index is 11.6. The summed E-state index contributed by atoms with van der Waals surface area (Å²) >= 11 is 1.60. The lowest BCUT2D eigenvalue weighted by Crippen LogP contribution is -2.29. The first-order chi connectivity index (χ1) is 7.72. The molecule has 84 valence electrons. The van der Waals surface area contributed by atoms with E-state index in [1.165, 1.54) is 10.7 Å². The zero-order valence-corrected chi connectivity index (χ0v) is 9.78. The van der Waals surface area contributed by atoms with Gasteiger partial charge in [-0.2, -0.15) is 5.10 Å². The fraction of sp³-hybridized carbons (Fsp3) is 0.273. The smallest absolute Gasteiger partial charge is 0.267 e. The molecule has 2 aromatic heterocycles. The summed E-state index contributed by atoms with van der Waals surface area (Å²) in [5.74, 6) is 0. The van der Waals surface area contributed by atoms with Crippen molar-refractivity contribution >= 4 is 11.3 Å². The summed E-state index contributed by atoms with van der Waals surface area (Å²) in [7, 11) is 0. The Morgan fingerprint density at radius 3 is 2.94 bits per heavy atom. The third-order valence-corrected chi connectivity index (χ3v) is 3.25. The van der Waals surface area contributed by atoms with Crippen LogP contribution in [0.25, 0.3) is 10.6 Å². The number of thiophene rings is 1. The minimum Gasteiger partial charge on any atom is -0.328 e. The van der Waals surface area contributed by atoms with Crippen molar-refractivity contribution in [1.82, 2.24) is 9.78 Å². The van der Waals surface area contributed by atoms with Gasteiger partial charge in [0.25, 0.3) is 5.56 Å². The van der Waals surface area contributed by atoms with Gasteiger partial charge in [0.15, 0.2) is 0 Å². The lowest BCUT2D eigenvalue weighted by molar-refractivity contribution is 0.477. The van der Waals surface area contributed by atoms with E-state index in [1.807, 2.05) is 24.4 Å². The number of aromatic nitrogens is 2. The predicted molar refractivity (Wildman–Crippen MR) is 65.6 cm³/mol. The molecule has 0 aliphatic heterocycles. The Labute approximate surface area is 97.3 Å². The molecule has 0 aromatic carbocycles. The molecule has 1 unspecified atom stereocenters. The van der Waals surface area contributed by atoms with Crippen LogP contribution >= 0.6 is 11.3 Å². The van der Waals surface area contributed by atoms with E-state index < -0.39 is 0 Å². The van der Waals surface area contributed by atoms with Crippen LogP contribution in [0.1, 0.15) is 13.0 Å². The van der Waals surface area contributed by atoms with Crippen molar-refractivity contribution in [3.63, 3.8) is 0 Å². The third-order valence-electron chi connectivity index (χ3n) is 2.36. The van der Waals surface area contributed by atoms with Crippen molar-refractivity contribution < 1.29 is 0 Å². The van der Waals surface area contributed by atoms with Crippen LogP contribution in [0.15, 0.2) is 34.4 Å². The molecule has 2 N–H and O–H groups in total. The van der Waals surface area contributed by atoms with E-state index in [4.69, 9.17) is 5.73 Å². The van der Waals surface area contributed by atoms with Crippen LogP contribution in [0.5, 0.6) is 0 Å². The summed E-state index contributed by atoms with van der Waals surface area (Å²) < 4.78 is 1.44. The highest BCUT2D eigenvalue weighted by Crippen LogP contribution is 2.21. The molecular formula is C11H13N3OS. The molecule has 0 saturated heterocycles. The van der Waals surface area contributed by atoms with Gasteiger partial charge in [0.2, 0.25) is 0 Å². The number of hydrogen-bond acceptors (Lipinski definition) is 4. The third kappa shape index (κ3) is 2.05. The molecule has 0 fully saturated rings. The molecular weight excluding hydrogens is 222 g/mol. The first-order valence-corrected chi connectivity index (χ1v) is 5.94. The van der Waals surface area contributed by atoms with Crippen LogP contribution in [0.4, 0.5) is 0 Å². The summed E-state index contributed by atoms with van der Waals surface area (Å²) in [4.78, 5) is 12.6. The molecule has 0 radical (unpaired) electrons. The molecule has 0 amide bonds. The molecule has 2 rings (SSSR count). The van der Waals surface area contributed by atoms with E-state index in [1.54, 1.807) is 17.4 Å². The minimum atomic E-state index is -0.113. The van der Waals surface area contributed by atoms with Crippen LogP contribution in [0, 0.1) is 0 Å². The highest BCUT2D eigenvalue weighted by Gasteiger charge is 2.08. The van der Waals surface area contributed by atoms with Crippen molar-refractivity contribution in [1.29, 1.82) is 0 Å². The molecule has 2 heterocycles. The van der Waals surface area contributed by atoms with Gasteiger partial charge in [-0.1, -0.05) is 6.07 Å². The molecule has 2 aromatic rings. The first kappa shape index (κ1) is 11.0. The largest absolute Gasteiger partial charge is 0.328 e. The van der Waals surface area contributed by atoms with E-state index in [2.05, 4.69) is 5.10 Å². The van der Waals surface area contributed by atoms with Gasteiger partial charge in [0, 0.05) is 12.6 Å². The molecule has 0 saturated carbocycles. The van der Waals surface area contributed by atoms with Crippen LogP contribution in [-0.4, -0.2) is 16.3 Å². The van der Waals surface area contributed by atoms with E-state index in [0.29, 0.717) is 6.54 Å². The number of hydrogen-bond donors (Lipinski definition) is 1. The quantitative estimate of drug-likeness (QED) is 0.876. The monoisotopic (exact) mass is 235 g/mol. The molecule has 4 nitrogen and oxygen atoms in total. The highest BCUT2D eigenvalue weighted by atomic mass is 32.1. The van der Waals surface area contributed by atoms with Gasteiger partial charge in [0.1, 0.15) is 5.69 Å². The van der Waals surface area contributed by atoms with Crippen LogP contribution in [-0.2, 0) is 0 Å². The molecule has 0 aliphatic carbocycles. The number of nitrogens with two attached hydrogens (primary N) is 1. The summed E-state index contributed by atoms with van der Waals surface area (Å²) in [6, 6.07) is 7.15. The van der Waals surface area contributed by atoms with E-state index >= 15 is 0 Å². The number of rotatable bonds is 3. The Hall–Kier alpha value is -1.46. The van der Waals surface area contributed by atoms with Crippen molar-refractivity contribution in [2.75, 3.05) is 6.54 Å². The van der Waals surface area contributed by atoms with Gasteiger partial charge in [-0.15, -0.1) is 11.3 Å². The van der Waals surface area contributed by atoms with Crippen LogP contribution in [0.3, 0.4) is 0 Å². The Kier molecular flexibility index (Phi) is 3.17. The maximum Gasteiger partial charge on any atom is 0.267 e. The van der Waals surface area contributed by atoms with Crippen molar-refractivity contribution in [3.8, 4) is 10.6 Å². The van der Waals surface area contributed by atoms with Crippen LogP contribution < -0.4 is 11.3 Å². The summed E-state index contributed by atoms with van der Waals surface area (Å²) in [6.07, 6.45) is 0. The summed E-state index contributed by atoms with van der Waals surface area (Å²) in [6.45, 7) is 2.29. The first-order valence-electron chi connectivity index (χ1n) is 5.06.